The highest BCUT2D eigenvalue weighted by Gasteiger charge is 2.13. The fourth-order valence-electron chi connectivity index (χ4n) is 1.84. The van der Waals surface area contributed by atoms with Crippen molar-refractivity contribution in [1.82, 2.24) is 0 Å². The molecular weight excluding hydrogens is 360 g/mol. The maximum Gasteiger partial charge on any atom is 0.238 e. The van der Waals surface area contributed by atoms with Crippen LogP contribution >= 0.6 is 12.2 Å². The molecule has 4 N–H and O–H groups in total. The number of primary sulfonamides is 1. The van der Waals surface area contributed by atoms with Crippen molar-refractivity contribution in [1.29, 1.82) is 0 Å². The van der Waals surface area contributed by atoms with Crippen LogP contribution in [-0.4, -0.2) is 24.9 Å². The second kappa shape index (κ2) is 7.97. The number of carbonyl (C=O) groups is 1. The third-order valence-electron chi connectivity index (χ3n) is 3.06. The van der Waals surface area contributed by atoms with E-state index in [-0.39, 0.29) is 21.4 Å². The Balaban J connectivity index is 2.14. The smallest absolute Gasteiger partial charge is 0.238 e. The highest BCUT2D eigenvalue weighted by atomic mass is 32.2. The van der Waals surface area contributed by atoms with Crippen LogP contribution < -0.4 is 15.9 Å². The number of Topliss-reactive ketones (excluding diaryl/α,β-unsaturated/α-hetero) is 1. The summed E-state index contributed by atoms with van der Waals surface area (Å²) >= 11 is 5.22. The van der Waals surface area contributed by atoms with Crippen LogP contribution in [0.5, 0.6) is 0 Å². The molecule has 0 aromatic heterocycles. The van der Waals surface area contributed by atoms with Crippen LogP contribution in [0.2, 0.25) is 0 Å². The molecule has 0 aliphatic rings. The Morgan fingerprint density at radius 2 is 1.64 bits per heavy atom. The van der Waals surface area contributed by atoms with E-state index in [0.29, 0.717) is 5.69 Å². The Morgan fingerprint density at radius 1 is 1.04 bits per heavy atom. The van der Waals surface area contributed by atoms with Gasteiger partial charge in [-0.05, 0) is 36.4 Å². The molecule has 0 aliphatic heterocycles. The number of sulfonamides is 1. The van der Waals surface area contributed by atoms with Gasteiger partial charge in [0.05, 0.1) is 10.6 Å². The second-order valence-corrected chi connectivity index (χ2v) is 6.99. The van der Waals surface area contributed by atoms with E-state index in [1.807, 2.05) is 30.3 Å². The van der Waals surface area contributed by atoms with Gasteiger partial charge in [-0.15, -0.1) is 0 Å². The predicted molar refractivity (Wildman–Crippen MR) is 102 cm³/mol. The zero-order chi connectivity index (χ0) is 18.4. The summed E-state index contributed by atoms with van der Waals surface area (Å²) in [4.78, 5) is 11.9. The van der Waals surface area contributed by atoms with Gasteiger partial charge in [-0.2, -0.15) is 5.10 Å². The molecule has 9 heteroatoms. The average Bonchev–Trinajstić information content (AvgIpc) is 2.55. The van der Waals surface area contributed by atoms with E-state index in [2.05, 4.69) is 15.8 Å². The van der Waals surface area contributed by atoms with Crippen molar-refractivity contribution in [2.24, 2.45) is 10.2 Å². The zero-order valence-electron chi connectivity index (χ0n) is 13.3. The van der Waals surface area contributed by atoms with Gasteiger partial charge < -0.3 is 5.32 Å². The second-order valence-electron chi connectivity index (χ2n) is 5.02. The van der Waals surface area contributed by atoms with Crippen LogP contribution in [0.25, 0.3) is 0 Å². The first-order chi connectivity index (χ1) is 11.8. The van der Waals surface area contributed by atoms with E-state index in [1.54, 1.807) is 0 Å². The van der Waals surface area contributed by atoms with Crippen LogP contribution in [0.1, 0.15) is 6.92 Å². The number of carbonyl (C=O) groups excluding carboxylic acids is 1. The van der Waals surface area contributed by atoms with E-state index < -0.39 is 10.0 Å². The van der Waals surface area contributed by atoms with Crippen molar-refractivity contribution in [3.8, 4) is 0 Å². The lowest BCUT2D eigenvalue weighted by atomic mass is 10.2. The molecule has 0 amide bonds. The number of anilines is 2. The molecule has 0 unspecified atom stereocenters. The van der Waals surface area contributed by atoms with Crippen molar-refractivity contribution in [3.63, 3.8) is 0 Å². The third kappa shape index (κ3) is 5.45. The van der Waals surface area contributed by atoms with E-state index in [4.69, 9.17) is 17.4 Å². The van der Waals surface area contributed by atoms with E-state index in [1.165, 1.54) is 31.2 Å². The average molecular weight is 376 g/mol. The number of rotatable bonds is 6. The third-order valence-corrected chi connectivity index (χ3v) is 4.28. The van der Waals surface area contributed by atoms with Crippen LogP contribution in [-0.2, 0) is 14.8 Å². The fraction of sp³-hybridized carbons (Fsp3) is 0.0625. The SMILES string of the molecule is CC(=O)C(=NNc1ccc(S(N)(=O)=O)cc1)C(=S)Nc1ccccc1. The van der Waals surface area contributed by atoms with Gasteiger partial charge >= 0.3 is 0 Å². The number of ketones is 1. The summed E-state index contributed by atoms with van der Waals surface area (Å²) in [7, 11) is -3.76. The summed E-state index contributed by atoms with van der Waals surface area (Å²) in [5.74, 6) is -0.318. The highest BCUT2D eigenvalue weighted by Crippen LogP contribution is 2.13. The van der Waals surface area contributed by atoms with Crippen molar-refractivity contribution in [3.05, 3.63) is 54.6 Å². The van der Waals surface area contributed by atoms with Crippen molar-refractivity contribution < 1.29 is 13.2 Å². The first-order valence-corrected chi connectivity index (χ1v) is 9.07. The molecule has 130 valence electrons. The molecule has 0 atom stereocenters. The van der Waals surface area contributed by atoms with Gasteiger partial charge in [0.2, 0.25) is 10.0 Å². The van der Waals surface area contributed by atoms with Gasteiger partial charge in [0.15, 0.2) is 11.5 Å². The maximum absolute atomic E-state index is 11.8. The standard InChI is InChI=1S/C16H16N4O3S2/c1-11(21)15(16(24)18-12-5-3-2-4-6-12)20-19-13-7-9-14(10-8-13)25(17,22)23/h2-10,19H,1H3,(H,18,24)(H2,17,22,23). The normalized spacial score (nSPS) is 11.7. The van der Waals surface area contributed by atoms with Gasteiger partial charge in [0, 0.05) is 12.6 Å². The fourth-order valence-corrected chi connectivity index (χ4v) is 2.66. The number of thiocarbonyl (C=S) groups is 1. The maximum atomic E-state index is 11.8. The van der Waals surface area contributed by atoms with Crippen molar-refractivity contribution in [2.75, 3.05) is 10.7 Å². The Labute approximate surface area is 151 Å². The number of hydrazone groups is 1. The number of para-hydroxylation sites is 1. The molecule has 0 saturated carbocycles. The van der Waals surface area contributed by atoms with E-state index in [0.717, 1.165) is 5.69 Å². The lowest BCUT2D eigenvalue weighted by molar-refractivity contribution is -0.110. The molecule has 25 heavy (non-hydrogen) atoms. The highest BCUT2D eigenvalue weighted by molar-refractivity contribution is 7.89. The van der Waals surface area contributed by atoms with Crippen molar-refractivity contribution in [2.45, 2.75) is 11.8 Å². The molecule has 0 saturated heterocycles. The lowest BCUT2D eigenvalue weighted by Crippen LogP contribution is -2.27. The summed E-state index contributed by atoms with van der Waals surface area (Å²) in [6.07, 6.45) is 0. The molecule has 2 aromatic rings. The van der Waals surface area contributed by atoms with Crippen LogP contribution in [0.4, 0.5) is 11.4 Å². The molecule has 2 rings (SSSR count). The number of hydrogen-bond donors (Lipinski definition) is 3. The van der Waals surface area contributed by atoms with Gasteiger partial charge in [-0.25, -0.2) is 13.6 Å². The number of hydrogen-bond acceptors (Lipinski definition) is 6. The topological polar surface area (TPSA) is 114 Å². The summed E-state index contributed by atoms with van der Waals surface area (Å²) < 4.78 is 22.4. The first kappa shape index (κ1) is 18.7. The Bertz CT molecular complexity index is 908. The quantitative estimate of drug-likeness (QED) is 0.404. The molecule has 0 heterocycles. The summed E-state index contributed by atoms with van der Waals surface area (Å²) in [5, 5.41) is 12.0. The molecule has 0 aliphatic carbocycles. The van der Waals surface area contributed by atoms with E-state index in [9.17, 15) is 13.2 Å². The molecule has 0 fully saturated rings. The molecule has 7 nitrogen and oxygen atoms in total. The minimum Gasteiger partial charge on any atom is -0.345 e. The number of benzene rings is 2. The number of nitrogens with one attached hydrogen (secondary N) is 2. The Hall–Kier alpha value is -2.62. The van der Waals surface area contributed by atoms with Crippen LogP contribution in [0.15, 0.2) is 64.6 Å². The molecule has 0 bridgehead atoms. The minimum atomic E-state index is -3.76. The largest absolute Gasteiger partial charge is 0.345 e. The van der Waals surface area contributed by atoms with Gasteiger partial charge in [-0.3, -0.25) is 10.2 Å². The number of nitrogens with two attached hydrogens (primary N) is 1. The molecular formula is C16H16N4O3S2. The molecule has 0 radical (unpaired) electrons. The predicted octanol–water partition coefficient (Wildman–Crippen LogP) is 2.13. The Morgan fingerprint density at radius 3 is 2.16 bits per heavy atom. The summed E-state index contributed by atoms with van der Waals surface area (Å²) in [6, 6.07) is 14.8. The van der Waals surface area contributed by atoms with Gasteiger partial charge in [0.25, 0.3) is 0 Å². The van der Waals surface area contributed by atoms with Crippen molar-refractivity contribution >= 4 is 50.1 Å². The summed E-state index contributed by atoms with van der Waals surface area (Å²) in [6.45, 7) is 1.35. The minimum absolute atomic E-state index is 0.0184. The van der Waals surface area contributed by atoms with E-state index >= 15 is 0 Å². The Kier molecular flexibility index (Phi) is 5.97. The van der Waals surface area contributed by atoms with Crippen LogP contribution in [0.3, 0.4) is 0 Å². The van der Waals surface area contributed by atoms with Crippen LogP contribution in [0, 0.1) is 0 Å². The molecule has 0 spiro atoms. The van der Waals surface area contributed by atoms with Gasteiger partial charge in [0.1, 0.15) is 4.99 Å². The molecule has 2 aromatic carbocycles. The lowest BCUT2D eigenvalue weighted by Gasteiger charge is -2.09. The van der Waals surface area contributed by atoms with Gasteiger partial charge in [-0.1, -0.05) is 30.4 Å². The first-order valence-electron chi connectivity index (χ1n) is 7.11. The summed E-state index contributed by atoms with van der Waals surface area (Å²) in [5.41, 5.74) is 3.94. The zero-order valence-corrected chi connectivity index (χ0v) is 14.9. The number of nitrogens with zero attached hydrogens (tertiary/aromatic N) is 1. The monoisotopic (exact) mass is 376 g/mol.